The van der Waals surface area contributed by atoms with E-state index in [0.717, 1.165) is 31.4 Å². The lowest BCUT2D eigenvalue weighted by atomic mass is 9.71. The fourth-order valence-electron chi connectivity index (χ4n) is 4.35. The Morgan fingerprint density at radius 3 is 2.68 bits per heavy atom. The first-order valence-corrected chi connectivity index (χ1v) is 9.90. The van der Waals surface area contributed by atoms with Crippen molar-refractivity contribution in [1.82, 2.24) is 5.32 Å². The molecule has 4 rings (SSSR count). The summed E-state index contributed by atoms with van der Waals surface area (Å²) in [6, 6.07) is 12.7. The number of unbranched alkanes of at least 4 members (excludes halogenated alkanes) is 2. The highest BCUT2D eigenvalue weighted by molar-refractivity contribution is 6.09. The minimum atomic E-state index is -0.673. The van der Waals surface area contributed by atoms with Crippen molar-refractivity contribution in [3.8, 4) is 5.75 Å². The normalized spacial score (nSPS) is 23.1. The number of methoxy groups -OCH3 is 1. The number of ether oxygens (including phenoxy) is 1. The van der Waals surface area contributed by atoms with Crippen molar-refractivity contribution in [2.45, 2.75) is 32.1 Å². The van der Waals surface area contributed by atoms with Crippen LogP contribution in [0, 0.1) is 11.3 Å². The largest absolute Gasteiger partial charge is 0.497 e. The number of aryl methyl sites for hydroxylation is 1. The van der Waals surface area contributed by atoms with Crippen LogP contribution in [-0.4, -0.2) is 18.9 Å². The number of carbonyl (C=O) groups is 2. The first-order chi connectivity index (χ1) is 13.6. The summed E-state index contributed by atoms with van der Waals surface area (Å²) >= 11 is 0. The van der Waals surface area contributed by atoms with Crippen LogP contribution in [0.3, 0.4) is 0 Å². The molecule has 2 aromatic carbocycles. The summed E-state index contributed by atoms with van der Waals surface area (Å²) < 4.78 is 5.28. The molecule has 1 aliphatic heterocycles. The number of hydrogen-bond donors (Lipinski definition) is 1. The van der Waals surface area contributed by atoms with E-state index in [-0.39, 0.29) is 17.7 Å². The van der Waals surface area contributed by atoms with Crippen LogP contribution in [0.25, 0.3) is 10.8 Å². The van der Waals surface area contributed by atoms with Gasteiger partial charge in [0.2, 0.25) is 11.8 Å². The predicted octanol–water partition coefficient (Wildman–Crippen LogP) is 4.34. The number of rotatable bonds is 7. The average Bonchev–Trinajstić information content (AvgIpc) is 2.97. The lowest BCUT2D eigenvalue weighted by molar-refractivity contribution is -0.127. The molecule has 0 spiro atoms. The Bertz CT molecular complexity index is 975. The van der Waals surface area contributed by atoms with Crippen LogP contribution in [0.4, 0.5) is 0 Å². The van der Waals surface area contributed by atoms with Gasteiger partial charge in [-0.3, -0.25) is 14.9 Å². The molecular weight excluding hydrogens is 350 g/mol. The Kier molecular flexibility index (Phi) is 5.03. The summed E-state index contributed by atoms with van der Waals surface area (Å²) in [6.45, 7) is 0. The summed E-state index contributed by atoms with van der Waals surface area (Å²) in [5.41, 5.74) is 0.649. The number of fused-ring (bicyclic) bond motifs is 2. The molecule has 0 bridgehead atoms. The Labute approximate surface area is 165 Å². The van der Waals surface area contributed by atoms with Crippen LogP contribution in [0.2, 0.25) is 0 Å². The minimum absolute atomic E-state index is 0.145. The molecule has 2 atom stereocenters. The van der Waals surface area contributed by atoms with Crippen LogP contribution in [0.1, 0.15) is 31.2 Å². The summed E-state index contributed by atoms with van der Waals surface area (Å²) in [7, 11) is 1.68. The van der Waals surface area contributed by atoms with E-state index in [1.807, 2.05) is 30.4 Å². The van der Waals surface area contributed by atoms with Gasteiger partial charge in [0.15, 0.2) is 0 Å². The molecule has 4 nitrogen and oxygen atoms in total. The van der Waals surface area contributed by atoms with Gasteiger partial charge < -0.3 is 4.74 Å². The van der Waals surface area contributed by atoms with Crippen LogP contribution in [-0.2, 0) is 16.0 Å². The maximum Gasteiger partial charge on any atom is 0.237 e. The van der Waals surface area contributed by atoms with Crippen LogP contribution in [0.15, 0.2) is 60.7 Å². The molecule has 2 unspecified atom stereocenters. The number of carbonyl (C=O) groups excluding carboxylic acids is 2. The SMILES string of the molecule is COc1ccc2cc(CCCCCC34C=CC=CC3C(=O)NC4=O)ccc2c1. The number of allylic oxidation sites excluding steroid dienone is 2. The third-order valence-corrected chi connectivity index (χ3v) is 5.97. The van der Waals surface area contributed by atoms with E-state index >= 15 is 0 Å². The van der Waals surface area contributed by atoms with Gasteiger partial charge in [0, 0.05) is 0 Å². The monoisotopic (exact) mass is 375 g/mol. The molecule has 0 aromatic heterocycles. The Balaban J connectivity index is 1.32. The van der Waals surface area contributed by atoms with Gasteiger partial charge in [0.25, 0.3) is 0 Å². The minimum Gasteiger partial charge on any atom is -0.497 e. The van der Waals surface area contributed by atoms with Crippen molar-refractivity contribution in [3.05, 3.63) is 66.3 Å². The van der Waals surface area contributed by atoms with E-state index in [0.29, 0.717) is 6.42 Å². The van der Waals surface area contributed by atoms with E-state index < -0.39 is 5.41 Å². The topological polar surface area (TPSA) is 55.4 Å². The Hall–Kier alpha value is -2.88. The number of amides is 2. The summed E-state index contributed by atoms with van der Waals surface area (Å²) in [5, 5.41) is 4.91. The Morgan fingerprint density at radius 2 is 1.82 bits per heavy atom. The fourth-order valence-corrected chi connectivity index (χ4v) is 4.35. The number of benzene rings is 2. The standard InChI is InChI=1S/C24H25NO3/c1-28-20-12-11-18-15-17(9-10-19(18)16-20)7-3-2-5-13-24-14-6-4-8-21(24)22(26)25-23(24)27/h4,6,8-12,14-16,21H,2-3,5,7,13H2,1H3,(H,25,26,27). The molecule has 2 aromatic rings. The molecule has 1 heterocycles. The van der Waals surface area contributed by atoms with E-state index in [1.165, 1.54) is 16.3 Å². The highest BCUT2D eigenvalue weighted by Crippen LogP contribution is 2.42. The van der Waals surface area contributed by atoms with Crippen molar-refractivity contribution < 1.29 is 14.3 Å². The summed E-state index contributed by atoms with van der Waals surface area (Å²) in [5.74, 6) is 0.216. The summed E-state index contributed by atoms with van der Waals surface area (Å²) in [6.07, 6.45) is 12.3. The maximum absolute atomic E-state index is 12.4. The first kappa shape index (κ1) is 18.5. The quantitative estimate of drug-likeness (QED) is 0.579. The highest BCUT2D eigenvalue weighted by Gasteiger charge is 2.52. The van der Waals surface area contributed by atoms with Gasteiger partial charge >= 0.3 is 0 Å². The van der Waals surface area contributed by atoms with Crippen LogP contribution >= 0.6 is 0 Å². The molecule has 0 saturated carbocycles. The molecule has 2 amide bonds. The molecule has 144 valence electrons. The molecule has 1 N–H and O–H groups in total. The zero-order valence-electron chi connectivity index (χ0n) is 16.1. The Morgan fingerprint density at radius 1 is 1.00 bits per heavy atom. The average molecular weight is 375 g/mol. The first-order valence-electron chi connectivity index (χ1n) is 9.90. The second-order valence-electron chi connectivity index (χ2n) is 7.69. The smallest absolute Gasteiger partial charge is 0.237 e. The number of imide groups is 1. The van der Waals surface area contributed by atoms with E-state index in [9.17, 15) is 9.59 Å². The lowest BCUT2D eigenvalue weighted by Gasteiger charge is -2.28. The fraction of sp³-hybridized carbons (Fsp3) is 0.333. The van der Waals surface area contributed by atoms with E-state index in [4.69, 9.17) is 4.74 Å². The second kappa shape index (κ2) is 7.63. The van der Waals surface area contributed by atoms with Crippen molar-refractivity contribution in [2.75, 3.05) is 7.11 Å². The zero-order chi connectivity index (χ0) is 19.6. The van der Waals surface area contributed by atoms with Gasteiger partial charge in [0.1, 0.15) is 5.75 Å². The number of hydrogen-bond acceptors (Lipinski definition) is 3. The second-order valence-corrected chi connectivity index (χ2v) is 7.69. The highest BCUT2D eigenvalue weighted by atomic mass is 16.5. The van der Waals surface area contributed by atoms with Crippen molar-refractivity contribution >= 4 is 22.6 Å². The molecule has 4 heteroatoms. The third kappa shape index (κ3) is 3.35. The molecule has 0 radical (unpaired) electrons. The van der Waals surface area contributed by atoms with Crippen molar-refractivity contribution in [1.29, 1.82) is 0 Å². The van der Waals surface area contributed by atoms with Gasteiger partial charge in [-0.05, 0) is 47.7 Å². The van der Waals surface area contributed by atoms with E-state index in [1.54, 1.807) is 7.11 Å². The molecule has 2 aliphatic rings. The molecule has 1 saturated heterocycles. The molecule has 28 heavy (non-hydrogen) atoms. The van der Waals surface area contributed by atoms with Crippen molar-refractivity contribution in [3.63, 3.8) is 0 Å². The molecule has 1 aliphatic carbocycles. The van der Waals surface area contributed by atoms with Crippen LogP contribution < -0.4 is 10.1 Å². The predicted molar refractivity (Wildman–Crippen MR) is 110 cm³/mol. The summed E-state index contributed by atoms with van der Waals surface area (Å²) in [4.78, 5) is 24.4. The lowest BCUT2D eigenvalue weighted by Crippen LogP contribution is -2.33. The molecular formula is C24H25NO3. The third-order valence-electron chi connectivity index (χ3n) is 5.97. The van der Waals surface area contributed by atoms with Crippen LogP contribution in [0.5, 0.6) is 5.75 Å². The van der Waals surface area contributed by atoms with Gasteiger partial charge in [-0.15, -0.1) is 0 Å². The maximum atomic E-state index is 12.4. The molecule has 1 fully saturated rings. The zero-order valence-corrected chi connectivity index (χ0v) is 16.1. The van der Waals surface area contributed by atoms with Crippen molar-refractivity contribution in [2.24, 2.45) is 11.3 Å². The van der Waals surface area contributed by atoms with Gasteiger partial charge in [0.05, 0.1) is 18.4 Å². The van der Waals surface area contributed by atoms with Gasteiger partial charge in [-0.25, -0.2) is 0 Å². The number of nitrogens with one attached hydrogen (secondary N) is 1. The van der Waals surface area contributed by atoms with Gasteiger partial charge in [-0.1, -0.05) is 61.4 Å². The van der Waals surface area contributed by atoms with Gasteiger partial charge in [-0.2, -0.15) is 0 Å². The van der Waals surface area contributed by atoms with E-state index in [2.05, 4.69) is 35.6 Å².